The second-order valence-electron chi connectivity index (χ2n) is 5.17. The molecule has 5 nitrogen and oxygen atoms in total. The monoisotopic (exact) mass is 312 g/mol. The Morgan fingerprint density at radius 2 is 1.87 bits per heavy atom. The molecule has 0 atom stereocenters. The molecule has 0 spiro atoms. The van der Waals surface area contributed by atoms with Crippen LogP contribution in [-0.2, 0) is 24.3 Å². The lowest BCUT2D eigenvalue weighted by Gasteiger charge is -2.12. The molecule has 0 saturated heterocycles. The van der Waals surface area contributed by atoms with Gasteiger partial charge in [0.05, 0.1) is 6.61 Å². The molecule has 0 radical (unpaired) electrons. The van der Waals surface area contributed by atoms with Crippen molar-refractivity contribution in [3.63, 3.8) is 0 Å². The van der Waals surface area contributed by atoms with E-state index in [9.17, 15) is 0 Å². The maximum atomic E-state index is 5.11. The first-order chi connectivity index (χ1) is 11.3. The lowest BCUT2D eigenvalue weighted by Crippen LogP contribution is -2.37. The molecule has 122 valence electrons. The molecule has 0 aliphatic heterocycles. The molecule has 0 fully saturated rings. The Morgan fingerprint density at radius 3 is 2.52 bits per heavy atom. The largest absolute Gasteiger partial charge is 0.380 e. The first-order valence-electron chi connectivity index (χ1n) is 7.73. The third-order valence-electron chi connectivity index (χ3n) is 3.42. The summed E-state index contributed by atoms with van der Waals surface area (Å²) < 4.78 is 5.11. The van der Waals surface area contributed by atoms with E-state index >= 15 is 0 Å². The van der Waals surface area contributed by atoms with Crippen molar-refractivity contribution in [3.8, 4) is 0 Å². The number of methoxy groups -OCH3 is 1. The number of nitrogens with zero attached hydrogens (tertiary/aromatic N) is 2. The molecule has 2 aromatic rings. The van der Waals surface area contributed by atoms with E-state index in [0.717, 1.165) is 31.2 Å². The number of hydrogen-bond donors (Lipinski definition) is 2. The van der Waals surface area contributed by atoms with Crippen LogP contribution in [0.3, 0.4) is 0 Å². The van der Waals surface area contributed by atoms with E-state index in [0.29, 0.717) is 6.61 Å². The zero-order valence-corrected chi connectivity index (χ0v) is 13.7. The molecule has 23 heavy (non-hydrogen) atoms. The van der Waals surface area contributed by atoms with Gasteiger partial charge >= 0.3 is 0 Å². The molecule has 0 bridgehead atoms. The Hall–Kier alpha value is -2.40. The zero-order chi connectivity index (χ0) is 16.3. The third kappa shape index (κ3) is 6.08. The van der Waals surface area contributed by atoms with Crippen LogP contribution in [0.1, 0.15) is 16.8 Å². The summed E-state index contributed by atoms with van der Waals surface area (Å²) in [7, 11) is 3.48. The van der Waals surface area contributed by atoms with Gasteiger partial charge in [0.15, 0.2) is 5.96 Å². The van der Waals surface area contributed by atoms with Gasteiger partial charge in [0.25, 0.3) is 0 Å². The SMILES string of the molecule is CN=C(NCCc1ccccn1)NCc1ccc(COC)cc1. The number of ether oxygens (including phenoxy) is 1. The van der Waals surface area contributed by atoms with Crippen LogP contribution in [0.25, 0.3) is 0 Å². The predicted octanol–water partition coefficient (Wildman–Crippen LogP) is 2.14. The second kappa shape index (κ2) is 9.58. The highest BCUT2D eigenvalue weighted by Gasteiger charge is 2.00. The van der Waals surface area contributed by atoms with Crippen LogP contribution >= 0.6 is 0 Å². The van der Waals surface area contributed by atoms with E-state index in [-0.39, 0.29) is 0 Å². The average molecular weight is 312 g/mol. The third-order valence-corrected chi connectivity index (χ3v) is 3.42. The number of hydrogen-bond acceptors (Lipinski definition) is 3. The molecule has 1 aromatic carbocycles. The fourth-order valence-electron chi connectivity index (χ4n) is 2.18. The number of nitrogens with one attached hydrogen (secondary N) is 2. The fraction of sp³-hybridized carbons (Fsp3) is 0.333. The minimum Gasteiger partial charge on any atom is -0.380 e. The van der Waals surface area contributed by atoms with E-state index in [2.05, 4.69) is 44.9 Å². The molecule has 0 saturated carbocycles. The molecule has 0 aliphatic rings. The zero-order valence-electron chi connectivity index (χ0n) is 13.7. The van der Waals surface area contributed by atoms with Crippen molar-refractivity contribution in [2.45, 2.75) is 19.6 Å². The highest BCUT2D eigenvalue weighted by molar-refractivity contribution is 5.79. The molecule has 0 amide bonds. The van der Waals surface area contributed by atoms with Crippen LogP contribution in [0.5, 0.6) is 0 Å². The van der Waals surface area contributed by atoms with Crippen molar-refractivity contribution in [3.05, 3.63) is 65.5 Å². The van der Waals surface area contributed by atoms with Crippen molar-refractivity contribution < 1.29 is 4.74 Å². The highest BCUT2D eigenvalue weighted by atomic mass is 16.5. The molecular formula is C18H24N4O. The molecule has 1 heterocycles. The summed E-state index contributed by atoms with van der Waals surface area (Å²) in [5, 5.41) is 6.61. The van der Waals surface area contributed by atoms with Crippen molar-refractivity contribution in [2.75, 3.05) is 20.7 Å². The summed E-state index contributed by atoms with van der Waals surface area (Å²) in [6, 6.07) is 14.3. The van der Waals surface area contributed by atoms with Gasteiger partial charge in [0.2, 0.25) is 0 Å². The van der Waals surface area contributed by atoms with Gasteiger partial charge < -0.3 is 15.4 Å². The van der Waals surface area contributed by atoms with Gasteiger partial charge in [0.1, 0.15) is 0 Å². The van der Waals surface area contributed by atoms with Crippen LogP contribution < -0.4 is 10.6 Å². The molecule has 1 aromatic heterocycles. The van der Waals surface area contributed by atoms with Gasteiger partial charge in [-0.3, -0.25) is 9.98 Å². The number of aliphatic imine (C=N–C) groups is 1. The summed E-state index contributed by atoms with van der Waals surface area (Å²) in [5.41, 5.74) is 3.45. The van der Waals surface area contributed by atoms with E-state index in [1.807, 2.05) is 24.4 Å². The summed E-state index contributed by atoms with van der Waals surface area (Å²) in [4.78, 5) is 8.54. The second-order valence-corrected chi connectivity index (χ2v) is 5.17. The van der Waals surface area contributed by atoms with E-state index in [4.69, 9.17) is 4.74 Å². The Balaban J connectivity index is 1.74. The molecular weight excluding hydrogens is 288 g/mol. The van der Waals surface area contributed by atoms with E-state index < -0.39 is 0 Å². The Labute approximate surface area is 137 Å². The highest BCUT2D eigenvalue weighted by Crippen LogP contribution is 2.05. The summed E-state index contributed by atoms with van der Waals surface area (Å²) in [6.45, 7) is 2.17. The molecule has 2 N–H and O–H groups in total. The number of pyridine rings is 1. The standard InChI is InChI=1S/C18H24N4O/c1-19-18(21-12-10-17-5-3-4-11-20-17)22-13-15-6-8-16(9-7-15)14-23-2/h3-9,11H,10,12-14H2,1-2H3,(H2,19,21,22). The van der Waals surface area contributed by atoms with Gasteiger partial charge in [-0.1, -0.05) is 30.3 Å². The number of benzene rings is 1. The maximum Gasteiger partial charge on any atom is 0.191 e. The topological polar surface area (TPSA) is 58.5 Å². The van der Waals surface area contributed by atoms with Crippen LogP contribution in [0.15, 0.2) is 53.7 Å². The van der Waals surface area contributed by atoms with E-state index in [1.165, 1.54) is 11.1 Å². The molecule has 0 unspecified atom stereocenters. The minimum atomic E-state index is 0.643. The first-order valence-corrected chi connectivity index (χ1v) is 7.73. The van der Waals surface area contributed by atoms with Gasteiger partial charge in [-0.2, -0.15) is 0 Å². The Kier molecular flexibility index (Phi) is 7.07. The normalized spacial score (nSPS) is 11.3. The Bertz CT molecular complexity index is 596. The van der Waals surface area contributed by atoms with Crippen molar-refractivity contribution in [1.82, 2.24) is 15.6 Å². The van der Waals surface area contributed by atoms with Gasteiger partial charge in [-0.25, -0.2) is 0 Å². The van der Waals surface area contributed by atoms with Crippen LogP contribution in [0, 0.1) is 0 Å². The number of rotatable bonds is 7. The van der Waals surface area contributed by atoms with Crippen LogP contribution in [0.2, 0.25) is 0 Å². The van der Waals surface area contributed by atoms with Crippen molar-refractivity contribution in [1.29, 1.82) is 0 Å². The van der Waals surface area contributed by atoms with Gasteiger partial charge in [-0.05, 0) is 23.3 Å². The van der Waals surface area contributed by atoms with Crippen LogP contribution in [-0.4, -0.2) is 31.6 Å². The molecule has 5 heteroatoms. The Morgan fingerprint density at radius 1 is 1.09 bits per heavy atom. The fourth-order valence-corrected chi connectivity index (χ4v) is 2.18. The smallest absolute Gasteiger partial charge is 0.191 e. The number of guanidine groups is 1. The quantitative estimate of drug-likeness (QED) is 0.607. The first kappa shape index (κ1) is 17.0. The van der Waals surface area contributed by atoms with Crippen molar-refractivity contribution in [2.24, 2.45) is 4.99 Å². The number of aromatic nitrogens is 1. The lowest BCUT2D eigenvalue weighted by molar-refractivity contribution is 0.185. The summed E-state index contributed by atoms with van der Waals surface area (Å²) >= 11 is 0. The van der Waals surface area contributed by atoms with Crippen LogP contribution in [0.4, 0.5) is 0 Å². The minimum absolute atomic E-state index is 0.643. The van der Waals surface area contributed by atoms with Gasteiger partial charge in [-0.15, -0.1) is 0 Å². The van der Waals surface area contributed by atoms with Gasteiger partial charge in [0, 0.05) is 45.6 Å². The van der Waals surface area contributed by atoms with Crippen molar-refractivity contribution >= 4 is 5.96 Å². The summed E-state index contributed by atoms with van der Waals surface area (Å²) in [5.74, 6) is 0.793. The maximum absolute atomic E-state index is 5.11. The average Bonchev–Trinajstić information content (AvgIpc) is 2.60. The lowest BCUT2D eigenvalue weighted by atomic mass is 10.1. The predicted molar refractivity (Wildman–Crippen MR) is 93.3 cm³/mol. The molecule has 0 aliphatic carbocycles. The van der Waals surface area contributed by atoms with E-state index in [1.54, 1.807) is 14.2 Å². The summed E-state index contributed by atoms with van der Waals surface area (Å²) in [6.07, 6.45) is 2.68. The molecule has 2 rings (SSSR count).